The van der Waals surface area contributed by atoms with Gasteiger partial charge in [-0.15, -0.1) is 11.3 Å². The van der Waals surface area contributed by atoms with Gasteiger partial charge >= 0.3 is 0 Å². The molecule has 0 bridgehead atoms. The number of thiazole rings is 1. The lowest BCUT2D eigenvalue weighted by Crippen LogP contribution is -2.40. The summed E-state index contributed by atoms with van der Waals surface area (Å²) in [5.74, 6) is -0.560. The molecule has 13 heteroatoms. The van der Waals surface area contributed by atoms with E-state index in [4.69, 9.17) is 11.6 Å². The molecule has 2 aromatic heterocycles. The Morgan fingerprint density at radius 3 is 2.73 bits per heavy atom. The summed E-state index contributed by atoms with van der Waals surface area (Å²) in [4.78, 5) is 27.9. The van der Waals surface area contributed by atoms with Crippen molar-refractivity contribution in [3.63, 3.8) is 0 Å². The van der Waals surface area contributed by atoms with E-state index >= 15 is 0 Å². The van der Waals surface area contributed by atoms with Crippen LogP contribution in [0.4, 0.5) is 5.69 Å². The number of nitro benzene ring substituents is 1. The highest BCUT2D eigenvalue weighted by molar-refractivity contribution is 7.91. The number of fused-ring (bicyclic) bond motifs is 1. The van der Waals surface area contributed by atoms with Crippen LogP contribution in [0.2, 0.25) is 4.34 Å². The second kappa shape index (κ2) is 7.85. The Hall–Kier alpha value is -2.12. The van der Waals surface area contributed by atoms with E-state index in [0.29, 0.717) is 32.2 Å². The van der Waals surface area contributed by atoms with Crippen LogP contribution in [0.3, 0.4) is 0 Å². The first kappa shape index (κ1) is 21.1. The number of nitrogens with zero attached hydrogens (tertiary/aromatic N) is 4. The number of halogens is 1. The average Bonchev–Trinajstić information content (AvgIpc) is 3.41. The second-order valence-corrected chi connectivity index (χ2v) is 11.5. The van der Waals surface area contributed by atoms with Crippen LogP contribution in [0.15, 0.2) is 39.5 Å². The lowest BCUT2D eigenvalue weighted by atomic mass is 10.2. The molecule has 158 valence electrons. The van der Waals surface area contributed by atoms with Crippen LogP contribution in [0.1, 0.15) is 12.8 Å². The molecule has 0 spiro atoms. The van der Waals surface area contributed by atoms with Crippen LogP contribution in [-0.4, -0.2) is 40.7 Å². The molecule has 1 fully saturated rings. The number of sulfonamides is 1. The molecule has 0 N–H and O–H groups in total. The Kier molecular flexibility index (Phi) is 5.53. The molecular weight excluding hydrogens is 472 g/mol. The van der Waals surface area contributed by atoms with Gasteiger partial charge < -0.3 is 4.57 Å². The summed E-state index contributed by atoms with van der Waals surface area (Å²) in [7, 11) is -2.14. The van der Waals surface area contributed by atoms with Crippen molar-refractivity contribution in [1.82, 2.24) is 8.87 Å². The molecule has 1 aromatic carbocycles. The van der Waals surface area contributed by atoms with Crippen molar-refractivity contribution < 1.29 is 18.1 Å². The van der Waals surface area contributed by atoms with Crippen molar-refractivity contribution in [1.29, 1.82) is 0 Å². The zero-order valence-electron chi connectivity index (χ0n) is 15.5. The van der Waals surface area contributed by atoms with E-state index in [2.05, 4.69) is 4.99 Å². The Labute approximate surface area is 184 Å². The van der Waals surface area contributed by atoms with Crippen molar-refractivity contribution in [3.05, 3.63) is 49.6 Å². The fourth-order valence-electron chi connectivity index (χ4n) is 3.34. The Bertz CT molecular complexity index is 1340. The third kappa shape index (κ3) is 3.69. The van der Waals surface area contributed by atoms with Crippen molar-refractivity contribution in [3.8, 4) is 0 Å². The van der Waals surface area contributed by atoms with E-state index in [9.17, 15) is 23.3 Å². The minimum absolute atomic E-state index is 0.0510. The number of thiophene rings is 1. The maximum atomic E-state index is 12.9. The van der Waals surface area contributed by atoms with E-state index in [1.807, 2.05) is 0 Å². The fraction of sp³-hybridized carbons (Fsp3) is 0.294. The average molecular weight is 487 g/mol. The van der Waals surface area contributed by atoms with Crippen molar-refractivity contribution in [2.45, 2.75) is 23.1 Å². The standard InChI is InChI=1S/C17H15ClN4O5S3/c1-20-11-5-4-10(22(24)25)9-13(11)28-17(20)19-16(23)12-3-2-8-21(12)30(26,27)15-7-6-14(18)29-15/h4-7,9,12H,2-3,8H2,1H3. The van der Waals surface area contributed by atoms with Gasteiger partial charge in [-0.3, -0.25) is 14.9 Å². The SMILES string of the molecule is Cn1c(=NC(=O)C2CCCN2S(=O)(=O)c2ccc(Cl)s2)sc2cc([N+](=O)[O-])ccc21. The largest absolute Gasteiger partial charge is 0.319 e. The smallest absolute Gasteiger partial charge is 0.270 e. The Morgan fingerprint density at radius 2 is 2.07 bits per heavy atom. The molecule has 1 amide bonds. The predicted molar refractivity (Wildman–Crippen MR) is 114 cm³/mol. The number of hydrogen-bond acceptors (Lipinski definition) is 7. The Morgan fingerprint density at radius 1 is 1.30 bits per heavy atom. The normalized spacial score (nSPS) is 18.3. The third-order valence-corrected chi connectivity index (χ3v) is 9.51. The van der Waals surface area contributed by atoms with Gasteiger partial charge in [0, 0.05) is 25.7 Å². The number of rotatable bonds is 4. The third-order valence-electron chi connectivity index (χ3n) is 4.81. The number of aromatic nitrogens is 1. The molecule has 0 radical (unpaired) electrons. The minimum Gasteiger partial charge on any atom is -0.319 e. The maximum absolute atomic E-state index is 12.9. The summed E-state index contributed by atoms with van der Waals surface area (Å²) >= 11 is 7.96. The van der Waals surface area contributed by atoms with E-state index < -0.39 is 26.9 Å². The number of aryl methyl sites for hydroxylation is 1. The molecule has 3 aromatic rings. The van der Waals surface area contributed by atoms with E-state index in [0.717, 1.165) is 22.7 Å². The summed E-state index contributed by atoms with van der Waals surface area (Å²) in [6.07, 6.45) is 0.926. The summed E-state index contributed by atoms with van der Waals surface area (Å²) < 4.78 is 29.8. The number of amides is 1. The van der Waals surface area contributed by atoms with Gasteiger partial charge in [0.2, 0.25) is 0 Å². The van der Waals surface area contributed by atoms with Crippen molar-refractivity contribution in [2.75, 3.05) is 6.54 Å². The molecule has 1 saturated heterocycles. The zero-order valence-corrected chi connectivity index (χ0v) is 18.7. The molecule has 9 nitrogen and oxygen atoms in total. The molecule has 1 atom stereocenters. The van der Waals surface area contributed by atoms with Gasteiger partial charge in [-0.05, 0) is 31.0 Å². The summed E-state index contributed by atoms with van der Waals surface area (Å²) in [6.45, 7) is 0.231. The summed E-state index contributed by atoms with van der Waals surface area (Å²) in [6, 6.07) is 6.45. The van der Waals surface area contributed by atoms with Gasteiger partial charge in [-0.25, -0.2) is 8.42 Å². The molecule has 0 aliphatic carbocycles. The molecular formula is C17H15ClN4O5S3. The van der Waals surface area contributed by atoms with Crippen LogP contribution in [0.5, 0.6) is 0 Å². The summed E-state index contributed by atoms with van der Waals surface area (Å²) in [5, 5.41) is 11.0. The zero-order chi connectivity index (χ0) is 21.6. The predicted octanol–water partition coefficient (Wildman–Crippen LogP) is 3.14. The van der Waals surface area contributed by atoms with Gasteiger partial charge in [0.05, 0.1) is 19.5 Å². The lowest BCUT2D eigenvalue weighted by molar-refractivity contribution is -0.384. The number of benzene rings is 1. The first-order valence-electron chi connectivity index (χ1n) is 8.78. The topological polar surface area (TPSA) is 115 Å². The van der Waals surface area contributed by atoms with E-state index in [1.54, 1.807) is 17.7 Å². The molecule has 1 aliphatic heterocycles. The van der Waals surface area contributed by atoms with E-state index in [-0.39, 0.29) is 16.4 Å². The first-order chi connectivity index (χ1) is 14.2. The molecule has 30 heavy (non-hydrogen) atoms. The van der Waals surface area contributed by atoms with Crippen LogP contribution >= 0.6 is 34.3 Å². The highest BCUT2D eigenvalue weighted by Gasteiger charge is 2.40. The summed E-state index contributed by atoms with van der Waals surface area (Å²) in [5.41, 5.74) is 0.645. The minimum atomic E-state index is -3.85. The van der Waals surface area contributed by atoms with Gasteiger partial charge in [0.1, 0.15) is 10.3 Å². The van der Waals surface area contributed by atoms with Crippen LogP contribution in [0.25, 0.3) is 10.2 Å². The van der Waals surface area contributed by atoms with Gasteiger partial charge in [-0.2, -0.15) is 9.30 Å². The van der Waals surface area contributed by atoms with Crippen molar-refractivity contribution >= 4 is 66.1 Å². The molecule has 1 unspecified atom stereocenters. The quantitative estimate of drug-likeness (QED) is 0.415. The number of nitro groups is 1. The van der Waals surface area contributed by atoms with Gasteiger partial charge in [-0.1, -0.05) is 22.9 Å². The Balaban J connectivity index is 1.69. The van der Waals surface area contributed by atoms with Crippen LogP contribution in [-0.2, 0) is 21.9 Å². The molecule has 3 heterocycles. The first-order valence-corrected chi connectivity index (χ1v) is 12.2. The molecule has 1 aliphatic rings. The van der Waals surface area contributed by atoms with E-state index in [1.165, 1.54) is 28.6 Å². The molecule has 0 saturated carbocycles. The fourth-order valence-corrected chi connectivity index (χ4v) is 7.66. The van der Waals surface area contributed by atoms with Crippen LogP contribution in [0, 0.1) is 10.1 Å². The highest BCUT2D eigenvalue weighted by Crippen LogP contribution is 2.32. The lowest BCUT2D eigenvalue weighted by Gasteiger charge is -2.20. The van der Waals surface area contributed by atoms with Crippen LogP contribution < -0.4 is 4.80 Å². The number of carbonyl (C=O) groups excluding carboxylic acids is 1. The number of non-ortho nitro benzene ring substituents is 1. The van der Waals surface area contributed by atoms with Crippen molar-refractivity contribution in [2.24, 2.45) is 12.0 Å². The second-order valence-electron chi connectivity index (χ2n) is 6.64. The monoisotopic (exact) mass is 486 g/mol. The molecule has 4 rings (SSSR count). The maximum Gasteiger partial charge on any atom is 0.270 e. The van der Waals surface area contributed by atoms with Gasteiger partial charge in [0.25, 0.3) is 21.6 Å². The number of hydrogen-bond donors (Lipinski definition) is 0. The van der Waals surface area contributed by atoms with Gasteiger partial charge in [0.15, 0.2) is 4.80 Å². The number of carbonyl (C=O) groups is 1. The highest BCUT2D eigenvalue weighted by atomic mass is 35.5.